The smallest absolute Gasteiger partial charge is 0.237 e. The highest BCUT2D eigenvalue weighted by Gasteiger charge is 2.17. The lowest BCUT2D eigenvalue weighted by atomic mass is 10.1. The maximum atomic E-state index is 12.4. The molecule has 0 radical (unpaired) electrons. The van der Waals surface area contributed by atoms with Crippen molar-refractivity contribution >= 4 is 23.4 Å². The molecule has 1 aromatic heterocycles. The number of aryl methyl sites for hydroxylation is 1. The molecule has 0 spiro atoms. The number of H-pyrrole nitrogens is 1. The molecule has 2 aromatic carbocycles. The Balaban J connectivity index is 1.61. The largest absolute Gasteiger partial charge is 0.497 e. The summed E-state index contributed by atoms with van der Waals surface area (Å²) in [5.41, 5.74) is 2.87. The Kier molecular flexibility index (Phi) is 5.58. The zero-order valence-electron chi connectivity index (χ0n) is 14.8. The van der Waals surface area contributed by atoms with Crippen LogP contribution in [0.4, 0.5) is 5.69 Å². The fourth-order valence-corrected chi connectivity index (χ4v) is 2.99. The van der Waals surface area contributed by atoms with Gasteiger partial charge in [0, 0.05) is 11.3 Å². The molecular weight excluding hydrogens is 348 g/mol. The molecule has 3 rings (SSSR count). The molecule has 0 bridgehead atoms. The number of anilines is 1. The van der Waals surface area contributed by atoms with E-state index in [-0.39, 0.29) is 11.2 Å². The third-order valence-electron chi connectivity index (χ3n) is 3.80. The fourth-order valence-electron chi connectivity index (χ4n) is 2.27. The number of carbonyl (C=O) groups is 1. The minimum Gasteiger partial charge on any atom is -0.497 e. The van der Waals surface area contributed by atoms with Gasteiger partial charge in [-0.25, -0.2) is 4.98 Å². The van der Waals surface area contributed by atoms with E-state index in [0.717, 1.165) is 17.0 Å². The standard InChI is InChI=1S/C19H20N4O2S/c1-12-4-6-14(7-5-12)17-21-19(23-22-17)26-13(2)18(24)20-15-8-10-16(25-3)11-9-15/h4-11,13H,1-3H3,(H,20,24)(H,21,22,23)/t13-/m0/s1. The molecule has 0 fully saturated rings. The van der Waals surface area contributed by atoms with Crippen LogP contribution in [-0.4, -0.2) is 33.4 Å². The van der Waals surface area contributed by atoms with Crippen LogP contribution in [0.5, 0.6) is 5.75 Å². The van der Waals surface area contributed by atoms with Crippen LogP contribution in [0.2, 0.25) is 0 Å². The average molecular weight is 368 g/mol. The van der Waals surface area contributed by atoms with E-state index in [0.29, 0.717) is 11.0 Å². The first-order chi connectivity index (χ1) is 12.5. The second-order valence-electron chi connectivity index (χ2n) is 5.81. The predicted octanol–water partition coefficient (Wildman–Crippen LogP) is 3.91. The molecule has 0 saturated carbocycles. The van der Waals surface area contributed by atoms with Gasteiger partial charge in [-0.15, -0.1) is 5.10 Å². The Morgan fingerprint density at radius 3 is 2.50 bits per heavy atom. The second-order valence-corrected chi connectivity index (χ2v) is 7.12. The van der Waals surface area contributed by atoms with Gasteiger partial charge in [0.15, 0.2) is 5.82 Å². The van der Waals surface area contributed by atoms with Crippen molar-refractivity contribution in [1.29, 1.82) is 0 Å². The maximum Gasteiger partial charge on any atom is 0.237 e. The first-order valence-corrected chi connectivity index (χ1v) is 9.04. The quantitative estimate of drug-likeness (QED) is 0.645. The topological polar surface area (TPSA) is 79.9 Å². The summed E-state index contributed by atoms with van der Waals surface area (Å²) in [4.78, 5) is 16.8. The minimum absolute atomic E-state index is 0.109. The Hall–Kier alpha value is -2.80. The third kappa shape index (κ3) is 4.43. The van der Waals surface area contributed by atoms with Crippen molar-refractivity contribution in [3.8, 4) is 17.1 Å². The van der Waals surface area contributed by atoms with Gasteiger partial charge in [-0.3, -0.25) is 9.89 Å². The first kappa shape index (κ1) is 18.0. The zero-order chi connectivity index (χ0) is 18.5. The highest BCUT2D eigenvalue weighted by atomic mass is 32.2. The molecule has 0 saturated heterocycles. The number of hydrogen-bond acceptors (Lipinski definition) is 5. The summed E-state index contributed by atoms with van der Waals surface area (Å²) in [5.74, 6) is 1.33. The van der Waals surface area contributed by atoms with Gasteiger partial charge in [0.25, 0.3) is 0 Å². The summed E-state index contributed by atoms with van der Waals surface area (Å²) < 4.78 is 5.11. The van der Waals surface area contributed by atoms with Crippen LogP contribution in [0.15, 0.2) is 53.7 Å². The molecule has 1 atom stereocenters. The van der Waals surface area contributed by atoms with E-state index in [9.17, 15) is 4.79 Å². The monoisotopic (exact) mass is 368 g/mol. The van der Waals surface area contributed by atoms with Gasteiger partial charge >= 0.3 is 0 Å². The Morgan fingerprint density at radius 1 is 1.15 bits per heavy atom. The Labute approximate surface area is 156 Å². The minimum atomic E-state index is -0.334. The molecule has 3 aromatic rings. The van der Waals surface area contributed by atoms with E-state index in [1.165, 1.54) is 17.3 Å². The van der Waals surface area contributed by atoms with Gasteiger partial charge in [-0.1, -0.05) is 41.6 Å². The number of nitrogens with one attached hydrogen (secondary N) is 2. The van der Waals surface area contributed by atoms with Crippen molar-refractivity contribution in [1.82, 2.24) is 15.2 Å². The molecule has 6 nitrogen and oxygen atoms in total. The Morgan fingerprint density at radius 2 is 1.85 bits per heavy atom. The number of nitrogens with zero attached hydrogens (tertiary/aromatic N) is 2. The molecule has 0 aliphatic rings. The summed E-state index contributed by atoms with van der Waals surface area (Å²) in [6, 6.07) is 15.2. The van der Waals surface area contributed by atoms with E-state index in [1.807, 2.05) is 38.1 Å². The summed E-state index contributed by atoms with van der Waals surface area (Å²) >= 11 is 1.31. The number of rotatable bonds is 6. The van der Waals surface area contributed by atoms with Crippen LogP contribution in [0, 0.1) is 6.92 Å². The van der Waals surface area contributed by atoms with Gasteiger partial charge < -0.3 is 10.1 Å². The van der Waals surface area contributed by atoms with Crippen LogP contribution in [-0.2, 0) is 4.79 Å². The van der Waals surface area contributed by atoms with E-state index >= 15 is 0 Å². The van der Waals surface area contributed by atoms with E-state index < -0.39 is 0 Å². The Bertz CT molecular complexity index is 875. The summed E-state index contributed by atoms with van der Waals surface area (Å²) in [5, 5.41) is 10.2. The number of methoxy groups -OCH3 is 1. The van der Waals surface area contributed by atoms with E-state index in [2.05, 4.69) is 20.5 Å². The number of aromatic amines is 1. The van der Waals surface area contributed by atoms with Crippen molar-refractivity contribution in [2.45, 2.75) is 24.3 Å². The molecule has 0 unspecified atom stereocenters. The van der Waals surface area contributed by atoms with Crippen LogP contribution in [0.3, 0.4) is 0 Å². The summed E-state index contributed by atoms with van der Waals surface area (Å²) in [7, 11) is 1.61. The van der Waals surface area contributed by atoms with E-state index in [4.69, 9.17) is 4.74 Å². The van der Waals surface area contributed by atoms with Gasteiger partial charge in [-0.05, 0) is 38.1 Å². The third-order valence-corrected chi connectivity index (χ3v) is 4.76. The van der Waals surface area contributed by atoms with Gasteiger partial charge in [0.1, 0.15) is 5.75 Å². The van der Waals surface area contributed by atoms with Gasteiger partial charge in [-0.2, -0.15) is 0 Å². The van der Waals surface area contributed by atoms with Crippen molar-refractivity contribution < 1.29 is 9.53 Å². The number of carbonyl (C=O) groups excluding carboxylic acids is 1. The molecule has 1 heterocycles. The van der Waals surface area contributed by atoms with Crippen LogP contribution >= 0.6 is 11.8 Å². The van der Waals surface area contributed by atoms with Crippen molar-refractivity contribution in [3.63, 3.8) is 0 Å². The predicted molar refractivity (Wildman–Crippen MR) is 103 cm³/mol. The molecule has 1 amide bonds. The number of hydrogen-bond donors (Lipinski definition) is 2. The number of amides is 1. The SMILES string of the molecule is COc1ccc(NC(=O)[C@H](C)Sc2n[nH]c(-c3ccc(C)cc3)n2)cc1. The van der Waals surface area contributed by atoms with Crippen molar-refractivity contribution in [3.05, 3.63) is 54.1 Å². The molecule has 26 heavy (non-hydrogen) atoms. The highest BCUT2D eigenvalue weighted by Crippen LogP contribution is 2.24. The number of ether oxygens (including phenoxy) is 1. The number of benzene rings is 2. The summed E-state index contributed by atoms with van der Waals surface area (Å²) in [6.07, 6.45) is 0. The van der Waals surface area contributed by atoms with Crippen molar-refractivity contribution in [2.75, 3.05) is 12.4 Å². The molecule has 7 heteroatoms. The van der Waals surface area contributed by atoms with Crippen LogP contribution < -0.4 is 10.1 Å². The number of thioether (sulfide) groups is 1. The lowest BCUT2D eigenvalue weighted by Gasteiger charge is -2.10. The molecule has 0 aliphatic heterocycles. The molecule has 2 N–H and O–H groups in total. The van der Waals surface area contributed by atoms with E-state index in [1.54, 1.807) is 31.4 Å². The second kappa shape index (κ2) is 8.05. The molecular formula is C19H20N4O2S. The van der Waals surface area contributed by atoms with Gasteiger partial charge in [0.2, 0.25) is 11.1 Å². The molecule has 0 aliphatic carbocycles. The summed E-state index contributed by atoms with van der Waals surface area (Å²) in [6.45, 7) is 3.86. The molecule has 134 valence electrons. The lowest BCUT2D eigenvalue weighted by Crippen LogP contribution is -2.22. The van der Waals surface area contributed by atoms with Crippen molar-refractivity contribution in [2.24, 2.45) is 0 Å². The normalized spacial score (nSPS) is 11.8. The van der Waals surface area contributed by atoms with Crippen LogP contribution in [0.25, 0.3) is 11.4 Å². The van der Waals surface area contributed by atoms with Gasteiger partial charge in [0.05, 0.1) is 12.4 Å². The van der Waals surface area contributed by atoms with Crippen LogP contribution in [0.1, 0.15) is 12.5 Å². The first-order valence-electron chi connectivity index (χ1n) is 8.16. The zero-order valence-corrected chi connectivity index (χ0v) is 15.6. The maximum absolute atomic E-state index is 12.4. The highest BCUT2D eigenvalue weighted by molar-refractivity contribution is 8.00. The number of aromatic nitrogens is 3. The average Bonchev–Trinajstić information content (AvgIpc) is 3.11. The lowest BCUT2D eigenvalue weighted by molar-refractivity contribution is -0.115. The fraction of sp³-hybridized carbons (Fsp3) is 0.211.